The van der Waals surface area contributed by atoms with Crippen LogP contribution in [0.5, 0.6) is 5.75 Å². The first-order valence-electron chi connectivity index (χ1n) is 5.84. The fourth-order valence-corrected chi connectivity index (χ4v) is 2.04. The lowest BCUT2D eigenvalue weighted by Gasteiger charge is -2.17. The van der Waals surface area contributed by atoms with Crippen LogP contribution in [0.1, 0.15) is 22.7 Å². The average molecular weight is 261 g/mol. The molecule has 1 unspecified atom stereocenters. The molecule has 2 rings (SSSR count). The van der Waals surface area contributed by atoms with E-state index in [0.717, 1.165) is 5.56 Å². The van der Waals surface area contributed by atoms with Gasteiger partial charge in [-0.2, -0.15) is 0 Å². The number of benzene rings is 1. The summed E-state index contributed by atoms with van der Waals surface area (Å²) in [5.74, 6) is 0.349. The minimum absolute atomic E-state index is 0.322. The number of halogens is 1. The topological polar surface area (TPSA) is 74.2 Å². The molecule has 0 bridgehead atoms. The molecule has 19 heavy (non-hydrogen) atoms. The molecule has 1 aromatic carbocycles. The van der Waals surface area contributed by atoms with Crippen LogP contribution in [0.3, 0.4) is 0 Å². The van der Waals surface area contributed by atoms with Crippen molar-refractivity contribution in [2.45, 2.75) is 13.0 Å². The number of aromatic nitrogens is 1. The Morgan fingerprint density at radius 1 is 1.32 bits per heavy atom. The Balaban J connectivity index is 2.47. The molecule has 0 fully saturated rings. The highest BCUT2D eigenvalue weighted by Crippen LogP contribution is 2.29. The number of hydrogen-bond donors (Lipinski definition) is 2. The van der Waals surface area contributed by atoms with Gasteiger partial charge in [0.1, 0.15) is 17.4 Å². The number of pyridine rings is 1. The second kappa shape index (κ2) is 5.24. The number of rotatable bonds is 3. The van der Waals surface area contributed by atoms with Crippen molar-refractivity contribution < 1.29 is 9.13 Å². The van der Waals surface area contributed by atoms with E-state index in [-0.39, 0.29) is 0 Å². The van der Waals surface area contributed by atoms with Crippen LogP contribution in [-0.4, -0.2) is 12.1 Å². The van der Waals surface area contributed by atoms with Crippen molar-refractivity contribution in [3.8, 4) is 5.75 Å². The van der Waals surface area contributed by atoms with Crippen LogP contribution in [-0.2, 0) is 0 Å². The second-order valence-corrected chi connectivity index (χ2v) is 4.29. The molecule has 0 aliphatic heterocycles. The number of nitrogens with zero attached hydrogens (tertiary/aromatic N) is 1. The summed E-state index contributed by atoms with van der Waals surface area (Å²) in [6, 6.07) is 5.72. The predicted molar refractivity (Wildman–Crippen MR) is 72.4 cm³/mol. The zero-order valence-electron chi connectivity index (χ0n) is 10.9. The van der Waals surface area contributed by atoms with E-state index in [4.69, 9.17) is 16.2 Å². The summed E-state index contributed by atoms with van der Waals surface area (Å²) in [4.78, 5) is 4.00. The number of anilines is 1. The molecule has 0 radical (unpaired) electrons. The second-order valence-electron chi connectivity index (χ2n) is 4.29. The van der Waals surface area contributed by atoms with E-state index >= 15 is 0 Å². The van der Waals surface area contributed by atoms with E-state index < -0.39 is 11.9 Å². The molecule has 0 amide bonds. The van der Waals surface area contributed by atoms with Gasteiger partial charge >= 0.3 is 0 Å². The Morgan fingerprint density at radius 2 is 2.05 bits per heavy atom. The lowest BCUT2D eigenvalue weighted by atomic mass is 9.96. The van der Waals surface area contributed by atoms with Gasteiger partial charge in [-0.3, -0.25) is 0 Å². The number of ether oxygens (including phenoxy) is 1. The zero-order valence-corrected chi connectivity index (χ0v) is 10.9. The molecule has 1 heterocycles. The van der Waals surface area contributed by atoms with Gasteiger partial charge in [-0.1, -0.05) is 6.07 Å². The summed E-state index contributed by atoms with van der Waals surface area (Å²) in [6.07, 6.45) is 1.60. The summed E-state index contributed by atoms with van der Waals surface area (Å²) >= 11 is 0. The van der Waals surface area contributed by atoms with Crippen LogP contribution in [0, 0.1) is 12.7 Å². The van der Waals surface area contributed by atoms with Gasteiger partial charge in [-0.15, -0.1) is 0 Å². The van der Waals surface area contributed by atoms with E-state index in [1.54, 1.807) is 24.4 Å². The Kier molecular flexibility index (Phi) is 3.66. The van der Waals surface area contributed by atoms with Gasteiger partial charge in [-0.25, -0.2) is 9.37 Å². The predicted octanol–water partition coefficient (Wildman–Crippen LogP) is 2.17. The molecule has 4 nitrogen and oxygen atoms in total. The largest absolute Gasteiger partial charge is 0.497 e. The summed E-state index contributed by atoms with van der Waals surface area (Å²) in [7, 11) is 1.48. The van der Waals surface area contributed by atoms with Gasteiger partial charge in [-0.05, 0) is 24.6 Å². The fraction of sp³-hybridized carbons (Fsp3) is 0.214. The molecule has 0 spiro atoms. The molecule has 4 N–H and O–H groups in total. The van der Waals surface area contributed by atoms with Gasteiger partial charge in [0.05, 0.1) is 13.2 Å². The van der Waals surface area contributed by atoms with E-state index in [0.29, 0.717) is 22.7 Å². The molecule has 0 aliphatic rings. The maximum Gasteiger partial charge on any atom is 0.132 e. The lowest BCUT2D eigenvalue weighted by Crippen LogP contribution is -2.17. The lowest BCUT2D eigenvalue weighted by molar-refractivity contribution is 0.410. The quantitative estimate of drug-likeness (QED) is 0.888. The maximum atomic E-state index is 14.0. The van der Waals surface area contributed by atoms with E-state index in [1.807, 2.05) is 6.92 Å². The minimum atomic E-state index is -0.653. The molecule has 2 aromatic rings. The van der Waals surface area contributed by atoms with Crippen molar-refractivity contribution in [1.82, 2.24) is 4.98 Å². The van der Waals surface area contributed by atoms with Crippen molar-refractivity contribution in [1.29, 1.82) is 0 Å². The zero-order chi connectivity index (χ0) is 14.0. The van der Waals surface area contributed by atoms with Crippen LogP contribution in [0.25, 0.3) is 0 Å². The molecular weight excluding hydrogens is 245 g/mol. The van der Waals surface area contributed by atoms with Crippen LogP contribution < -0.4 is 16.2 Å². The molecule has 0 saturated heterocycles. The van der Waals surface area contributed by atoms with Crippen LogP contribution in [0.2, 0.25) is 0 Å². The molecule has 100 valence electrons. The van der Waals surface area contributed by atoms with Gasteiger partial charge in [0, 0.05) is 23.4 Å². The van der Waals surface area contributed by atoms with Crippen molar-refractivity contribution in [3.05, 3.63) is 53.0 Å². The Bertz CT molecular complexity index is 581. The number of nitrogens with two attached hydrogens (primary N) is 2. The Hall–Kier alpha value is -2.14. The first kappa shape index (κ1) is 13.3. The first-order chi connectivity index (χ1) is 9.04. The number of methoxy groups -OCH3 is 1. The van der Waals surface area contributed by atoms with Gasteiger partial charge in [0.15, 0.2) is 0 Å². The summed E-state index contributed by atoms with van der Waals surface area (Å²) < 4.78 is 19.0. The highest BCUT2D eigenvalue weighted by molar-refractivity contribution is 5.50. The minimum Gasteiger partial charge on any atom is -0.497 e. The number of nitrogen functional groups attached to an aromatic ring is 1. The third kappa shape index (κ3) is 2.51. The van der Waals surface area contributed by atoms with Gasteiger partial charge < -0.3 is 16.2 Å². The monoisotopic (exact) mass is 261 g/mol. The molecule has 5 heteroatoms. The smallest absolute Gasteiger partial charge is 0.132 e. The highest BCUT2D eigenvalue weighted by atomic mass is 19.1. The van der Waals surface area contributed by atoms with Crippen LogP contribution >= 0.6 is 0 Å². The normalized spacial score (nSPS) is 12.2. The standard InChI is InChI=1S/C14H16FN3O/c1-8-5-6-18-14(17)12(8)13(16)10-4-3-9(19-2)7-11(10)15/h3-7,13H,16H2,1-2H3,(H2,17,18). The van der Waals surface area contributed by atoms with Gasteiger partial charge in [0.25, 0.3) is 0 Å². The fourth-order valence-electron chi connectivity index (χ4n) is 2.04. The summed E-state index contributed by atoms with van der Waals surface area (Å²) in [5, 5.41) is 0. The van der Waals surface area contributed by atoms with Crippen molar-refractivity contribution >= 4 is 5.82 Å². The van der Waals surface area contributed by atoms with Crippen molar-refractivity contribution in [3.63, 3.8) is 0 Å². The van der Waals surface area contributed by atoms with Crippen LogP contribution in [0.15, 0.2) is 30.5 Å². The van der Waals surface area contributed by atoms with Crippen LogP contribution in [0.4, 0.5) is 10.2 Å². The third-order valence-corrected chi connectivity index (χ3v) is 3.09. The molecule has 0 saturated carbocycles. The van der Waals surface area contributed by atoms with E-state index in [2.05, 4.69) is 4.98 Å². The SMILES string of the molecule is COc1ccc(C(N)c2c(C)ccnc2N)c(F)c1. The molecule has 0 aliphatic carbocycles. The van der Waals surface area contributed by atoms with Crippen molar-refractivity contribution in [2.75, 3.05) is 12.8 Å². The molecule has 1 aromatic heterocycles. The highest BCUT2D eigenvalue weighted by Gasteiger charge is 2.19. The molecule has 1 atom stereocenters. The molecular formula is C14H16FN3O. The Labute approximate surface area is 111 Å². The third-order valence-electron chi connectivity index (χ3n) is 3.09. The summed E-state index contributed by atoms with van der Waals surface area (Å²) in [5.41, 5.74) is 13.8. The van der Waals surface area contributed by atoms with Gasteiger partial charge in [0.2, 0.25) is 0 Å². The van der Waals surface area contributed by atoms with Crippen molar-refractivity contribution in [2.24, 2.45) is 5.73 Å². The average Bonchev–Trinajstić information content (AvgIpc) is 2.38. The number of hydrogen-bond acceptors (Lipinski definition) is 4. The first-order valence-corrected chi connectivity index (χ1v) is 5.84. The van der Waals surface area contributed by atoms with E-state index in [9.17, 15) is 4.39 Å². The maximum absolute atomic E-state index is 14.0. The van der Waals surface area contributed by atoms with E-state index in [1.165, 1.54) is 13.2 Å². The number of aryl methyl sites for hydroxylation is 1. The summed E-state index contributed by atoms with van der Waals surface area (Å²) in [6.45, 7) is 1.87. The Morgan fingerprint density at radius 3 is 2.63 bits per heavy atom.